The maximum Gasteiger partial charge on any atom is 0.257 e. The van der Waals surface area contributed by atoms with Crippen LogP contribution in [-0.2, 0) is 0 Å². The Morgan fingerprint density at radius 2 is 2.17 bits per heavy atom. The van der Waals surface area contributed by atoms with Crippen LogP contribution in [0.1, 0.15) is 23.0 Å². The first-order valence-electron chi connectivity index (χ1n) is 5.65. The average Bonchev–Trinajstić information content (AvgIpc) is 2.74. The second-order valence-corrected chi connectivity index (χ2v) is 4.89. The molecule has 2 aromatic rings. The Bertz CT molecular complexity index is 625. The van der Waals surface area contributed by atoms with Crippen molar-refractivity contribution in [3.05, 3.63) is 23.8 Å². The van der Waals surface area contributed by atoms with Crippen LogP contribution in [0.2, 0.25) is 0 Å². The van der Waals surface area contributed by atoms with E-state index in [2.05, 4.69) is 15.1 Å². The summed E-state index contributed by atoms with van der Waals surface area (Å²) in [7, 11) is 0. The summed E-state index contributed by atoms with van der Waals surface area (Å²) < 4.78 is 1.53. The zero-order valence-electron chi connectivity index (χ0n) is 10.2. The van der Waals surface area contributed by atoms with Crippen molar-refractivity contribution in [1.82, 2.24) is 24.5 Å². The van der Waals surface area contributed by atoms with Crippen LogP contribution in [-0.4, -0.2) is 54.2 Å². The molecule has 94 valence electrons. The van der Waals surface area contributed by atoms with Crippen LogP contribution in [0.5, 0.6) is 0 Å². The van der Waals surface area contributed by atoms with Crippen molar-refractivity contribution in [3.8, 4) is 0 Å². The normalized spacial score (nSPS) is 17.8. The minimum absolute atomic E-state index is 0.135. The molecule has 1 aliphatic heterocycles. The van der Waals surface area contributed by atoms with E-state index in [1.807, 2.05) is 0 Å². The molecule has 7 heteroatoms. The maximum absolute atomic E-state index is 12.2. The third kappa shape index (κ3) is 1.55. The first-order valence-corrected chi connectivity index (χ1v) is 5.65. The average molecular weight is 247 g/mol. The molecule has 3 rings (SSSR count). The Balaban J connectivity index is 1.95. The van der Waals surface area contributed by atoms with Gasteiger partial charge in [0.2, 0.25) is 0 Å². The highest BCUT2D eigenvalue weighted by Gasteiger charge is 2.40. The van der Waals surface area contributed by atoms with Crippen LogP contribution >= 0.6 is 0 Å². The van der Waals surface area contributed by atoms with Crippen molar-refractivity contribution in [3.63, 3.8) is 0 Å². The third-order valence-electron chi connectivity index (χ3n) is 3.13. The number of β-amino-alcohol motifs (C(OH)–C–C–N with tert-alkyl or cyclic N) is 1. The number of fused-ring (bicyclic) bond motifs is 1. The fourth-order valence-electron chi connectivity index (χ4n) is 2.19. The quantitative estimate of drug-likeness (QED) is 0.744. The Morgan fingerprint density at radius 3 is 2.83 bits per heavy atom. The molecule has 1 amide bonds. The number of likely N-dealkylation sites (tertiary alicyclic amines) is 1. The third-order valence-corrected chi connectivity index (χ3v) is 3.13. The largest absolute Gasteiger partial charge is 0.386 e. The topological polar surface area (TPSA) is 83.6 Å². The number of hydrogen-bond donors (Lipinski definition) is 1. The van der Waals surface area contributed by atoms with E-state index in [1.54, 1.807) is 18.7 Å². The molecule has 0 aliphatic carbocycles. The molecule has 1 saturated heterocycles. The molecule has 0 bridgehead atoms. The number of nitrogens with zero attached hydrogens (tertiary/aromatic N) is 5. The molecular weight excluding hydrogens is 234 g/mol. The maximum atomic E-state index is 12.2. The van der Waals surface area contributed by atoms with Crippen molar-refractivity contribution in [2.45, 2.75) is 19.4 Å². The SMILES string of the molecule is Cc1c(C(=O)N2CC(C)(O)C2)cnc2ncnn12. The molecule has 18 heavy (non-hydrogen) atoms. The molecule has 7 nitrogen and oxygen atoms in total. The summed E-state index contributed by atoms with van der Waals surface area (Å²) in [6, 6.07) is 0. The number of hydrogen-bond acceptors (Lipinski definition) is 5. The van der Waals surface area contributed by atoms with Gasteiger partial charge in [0.1, 0.15) is 6.33 Å². The van der Waals surface area contributed by atoms with E-state index in [4.69, 9.17) is 0 Å². The number of amides is 1. The van der Waals surface area contributed by atoms with Gasteiger partial charge in [-0.05, 0) is 13.8 Å². The number of rotatable bonds is 1. The zero-order chi connectivity index (χ0) is 12.9. The van der Waals surface area contributed by atoms with Gasteiger partial charge in [-0.1, -0.05) is 0 Å². The lowest BCUT2D eigenvalue weighted by atomic mass is 9.96. The first-order chi connectivity index (χ1) is 8.48. The predicted molar refractivity (Wildman–Crippen MR) is 62.0 cm³/mol. The molecular formula is C11H13N5O2. The lowest BCUT2D eigenvalue weighted by Crippen LogP contribution is -2.61. The molecule has 0 spiro atoms. The summed E-state index contributed by atoms with van der Waals surface area (Å²) in [6.45, 7) is 4.21. The Hall–Kier alpha value is -2.02. The van der Waals surface area contributed by atoms with E-state index >= 15 is 0 Å². The minimum Gasteiger partial charge on any atom is -0.386 e. The highest BCUT2D eigenvalue weighted by atomic mass is 16.3. The summed E-state index contributed by atoms with van der Waals surface area (Å²) >= 11 is 0. The summed E-state index contributed by atoms with van der Waals surface area (Å²) in [5, 5.41) is 13.7. The predicted octanol–water partition coefficient (Wildman–Crippen LogP) is -0.360. The fraction of sp³-hybridized carbons (Fsp3) is 0.455. The van der Waals surface area contributed by atoms with Gasteiger partial charge in [0.15, 0.2) is 0 Å². The Kier molecular flexibility index (Phi) is 2.15. The van der Waals surface area contributed by atoms with E-state index in [9.17, 15) is 9.90 Å². The van der Waals surface area contributed by atoms with Gasteiger partial charge in [-0.15, -0.1) is 0 Å². The van der Waals surface area contributed by atoms with Crippen LogP contribution in [0.15, 0.2) is 12.5 Å². The van der Waals surface area contributed by atoms with Crippen LogP contribution in [0.25, 0.3) is 5.78 Å². The minimum atomic E-state index is -0.769. The summed E-state index contributed by atoms with van der Waals surface area (Å²) in [5.74, 6) is 0.337. The summed E-state index contributed by atoms with van der Waals surface area (Å²) in [6.07, 6.45) is 2.91. The first kappa shape index (κ1) is 11.1. The van der Waals surface area contributed by atoms with Crippen LogP contribution in [0.4, 0.5) is 0 Å². The van der Waals surface area contributed by atoms with Crippen LogP contribution in [0, 0.1) is 6.92 Å². The fourth-order valence-corrected chi connectivity index (χ4v) is 2.19. The molecule has 0 radical (unpaired) electrons. The van der Waals surface area contributed by atoms with Crippen molar-refractivity contribution in [2.24, 2.45) is 0 Å². The number of aromatic nitrogens is 4. The monoisotopic (exact) mass is 247 g/mol. The van der Waals surface area contributed by atoms with Crippen LogP contribution < -0.4 is 0 Å². The van der Waals surface area contributed by atoms with E-state index in [0.29, 0.717) is 30.1 Å². The molecule has 1 N–H and O–H groups in total. The molecule has 3 heterocycles. The van der Waals surface area contributed by atoms with Crippen molar-refractivity contribution in [2.75, 3.05) is 13.1 Å². The molecule has 1 fully saturated rings. The van der Waals surface area contributed by atoms with Gasteiger partial charge < -0.3 is 10.0 Å². The number of carbonyl (C=O) groups is 1. The molecule has 0 aromatic carbocycles. The number of aliphatic hydroxyl groups is 1. The molecule has 0 saturated carbocycles. The van der Waals surface area contributed by atoms with E-state index < -0.39 is 5.60 Å². The van der Waals surface area contributed by atoms with Crippen molar-refractivity contribution in [1.29, 1.82) is 0 Å². The zero-order valence-corrected chi connectivity index (χ0v) is 10.2. The second kappa shape index (κ2) is 3.49. The van der Waals surface area contributed by atoms with Gasteiger partial charge in [0, 0.05) is 6.20 Å². The Labute approximate surface area is 103 Å². The van der Waals surface area contributed by atoms with Crippen molar-refractivity contribution < 1.29 is 9.90 Å². The van der Waals surface area contributed by atoms with Gasteiger partial charge in [-0.2, -0.15) is 10.1 Å². The molecule has 0 unspecified atom stereocenters. The molecule has 0 atom stereocenters. The lowest BCUT2D eigenvalue weighted by Gasteiger charge is -2.44. The van der Waals surface area contributed by atoms with Gasteiger partial charge in [-0.25, -0.2) is 9.50 Å². The van der Waals surface area contributed by atoms with Gasteiger partial charge in [0.05, 0.1) is 29.9 Å². The van der Waals surface area contributed by atoms with Gasteiger partial charge in [-0.3, -0.25) is 4.79 Å². The van der Waals surface area contributed by atoms with E-state index in [0.717, 1.165) is 0 Å². The summed E-state index contributed by atoms with van der Waals surface area (Å²) in [4.78, 5) is 21.8. The van der Waals surface area contributed by atoms with Crippen molar-refractivity contribution >= 4 is 11.7 Å². The Morgan fingerprint density at radius 1 is 1.44 bits per heavy atom. The second-order valence-electron chi connectivity index (χ2n) is 4.89. The summed E-state index contributed by atoms with van der Waals surface area (Å²) in [5.41, 5.74) is 0.423. The molecule has 2 aromatic heterocycles. The lowest BCUT2D eigenvalue weighted by molar-refractivity contribution is -0.0669. The highest BCUT2D eigenvalue weighted by Crippen LogP contribution is 2.22. The standard InChI is InChI=1S/C11H13N5O2/c1-7-8(3-12-10-13-6-14-16(7)10)9(17)15-4-11(2,18)5-15/h3,6,18H,4-5H2,1-2H3. The van der Waals surface area contributed by atoms with E-state index in [1.165, 1.54) is 17.0 Å². The van der Waals surface area contributed by atoms with Gasteiger partial charge >= 0.3 is 0 Å². The van der Waals surface area contributed by atoms with Crippen LogP contribution in [0.3, 0.4) is 0 Å². The number of carbonyl (C=O) groups excluding carboxylic acids is 1. The van der Waals surface area contributed by atoms with E-state index in [-0.39, 0.29) is 5.91 Å². The smallest absolute Gasteiger partial charge is 0.257 e. The highest BCUT2D eigenvalue weighted by molar-refractivity contribution is 5.95. The molecule has 1 aliphatic rings. The van der Waals surface area contributed by atoms with Gasteiger partial charge in [0.25, 0.3) is 11.7 Å². The number of aryl methyl sites for hydroxylation is 1.